The van der Waals surface area contributed by atoms with Gasteiger partial charge >= 0.3 is 0 Å². The van der Waals surface area contributed by atoms with E-state index in [0.717, 1.165) is 50.3 Å². The smallest absolute Gasteiger partial charge is 0.194 e. The minimum absolute atomic E-state index is 0. The van der Waals surface area contributed by atoms with Crippen LogP contribution in [-0.2, 0) is 18.3 Å². The van der Waals surface area contributed by atoms with Gasteiger partial charge in [0.2, 0.25) is 0 Å². The number of ether oxygens (including phenoxy) is 1. The molecule has 1 aromatic heterocycles. The van der Waals surface area contributed by atoms with E-state index in [1.807, 2.05) is 18.5 Å². The monoisotopic (exact) mass is 464 g/mol. The number of methoxy groups -OCH3 is 1. The molecule has 0 aliphatic carbocycles. The molecule has 2 rings (SSSR count). The van der Waals surface area contributed by atoms with Crippen molar-refractivity contribution in [2.75, 3.05) is 33.4 Å². The largest absolute Gasteiger partial charge is 0.385 e. The van der Waals surface area contributed by atoms with Crippen molar-refractivity contribution in [1.82, 2.24) is 25.0 Å². The van der Waals surface area contributed by atoms with E-state index in [4.69, 9.17) is 9.73 Å². The molecule has 144 valence electrons. The summed E-state index contributed by atoms with van der Waals surface area (Å²) in [6.07, 6.45) is 2.26. The van der Waals surface area contributed by atoms with Crippen LogP contribution in [0.25, 0.3) is 0 Å². The van der Waals surface area contributed by atoms with Crippen molar-refractivity contribution >= 4 is 29.9 Å². The Morgan fingerprint density at radius 1 is 1.28 bits per heavy atom. The zero-order valence-electron chi connectivity index (χ0n) is 16.2. The highest BCUT2D eigenvalue weighted by molar-refractivity contribution is 14.0. The van der Waals surface area contributed by atoms with Crippen molar-refractivity contribution < 1.29 is 4.74 Å². The van der Waals surface area contributed by atoms with E-state index < -0.39 is 0 Å². The highest BCUT2D eigenvalue weighted by atomic mass is 127. The second-order valence-electron chi connectivity index (χ2n) is 6.99. The topological polar surface area (TPSA) is 67.6 Å². The summed E-state index contributed by atoms with van der Waals surface area (Å²) in [5.41, 5.74) is 0. The first kappa shape index (κ1) is 22.1. The first-order chi connectivity index (χ1) is 11.5. The maximum Gasteiger partial charge on any atom is 0.194 e. The molecule has 0 amide bonds. The average Bonchev–Trinajstić information content (AvgIpc) is 2.85. The van der Waals surface area contributed by atoms with Gasteiger partial charge in [0.25, 0.3) is 0 Å². The molecule has 0 saturated carbocycles. The van der Waals surface area contributed by atoms with Gasteiger partial charge in [0, 0.05) is 40.4 Å². The number of halogens is 1. The van der Waals surface area contributed by atoms with Crippen LogP contribution in [0.5, 0.6) is 0 Å². The molecule has 1 N–H and O–H groups in total. The Morgan fingerprint density at radius 3 is 2.52 bits per heavy atom. The molecular weight excluding hydrogens is 431 g/mol. The predicted molar refractivity (Wildman–Crippen MR) is 111 cm³/mol. The molecule has 0 spiro atoms. The lowest BCUT2D eigenvalue weighted by atomic mass is 9.92. The Kier molecular flexibility index (Phi) is 9.70. The first-order valence-electron chi connectivity index (χ1n) is 8.88. The van der Waals surface area contributed by atoms with Crippen LogP contribution in [0.15, 0.2) is 4.99 Å². The minimum atomic E-state index is 0. The maximum atomic E-state index is 5.14. The fourth-order valence-corrected chi connectivity index (χ4v) is 3.25. The number of nitrogens with zero attached hydrogens (tertiary/aromatic N) is 5. The second-order valence-corrected chi connectivity index (χ2v) is 6.99. The Labute approximate surface area is 168 Å². The summed E-state index contributed by atoms with van der Waals surface area (Å²) in [6.45, 7) is 10.9. The Morgan fingerprint density at radius 2 is 1.96 bits per heavy atom. The van der Waals surface area contributed by atoms with E-state index in [-0.39, 0.29) is 24.0 Å². The quantitative estimate of drug-likeness (QED) is 0.303. The van der Waals surface area contributed by atoms with Gasteiger partial charge in [-0.3, -0.25) is 0 Å². The third-order valence-corrected chi connectivity index (χ3v) is 4.53. The van der Waals surface area contributed by atoms with Gasteiger partial charge in [-0.2, -0.15) is 0 Å². The van der Waals surface area contributed by atoms with Gasteiger partial charge in [-0.25, -0.2) is 4.99 Å². The predicted octanol–water partition coefficient (Wildman–Crippen LogP) is 2.20. The molecular formula is C17H33IN6O. The SMILES string of the molecule is COCCCNC(=NCc1nnc(C)n1C)N1CC(C)CC(C)C1.I. The van der Waals surface area contributed by atoms with Crippen molar-refractivity contribution in [3.63, 3.8) is 0 Å². The molecule has 1 aromatic rings. The van der Waals surface area contributed by atoms with Gasteiger partial charge < -0.3 is 19.5 Å². The molecule has 2 atom stereocenters. The molecule has 0 radical (unpaired) electrons. The summed E-state index contributed by atoms with van der Waals surface area (Å²) in [5, 5.41) is 11.8. The van der Waals surface area contributed by atoms with Crippen molar-refractivity contribution in [3.8, 4) is 0 Å². The van der Waals surface area contributed by atoms with Crippen molar-refractivity contribution in [1.29, 1.82) is 0 Å². The highest BCUT2D eigenvalue weighted by Crippen LogP contribution is 2.21. The molecule has 2 heterocycles. The third kappa shape index (κ3) is 6.73. The normalized spacial score (nSPS) is 21.2. The number of hydrogen-bond donors (Lipinski definition) is 1. The first-order valence-corrected chi connectivity index (χ1v) is 8.88. The van der Waals surface area contributed by atoms with E-state index in [9.17, 15) is 0 Å². The van der Waals surface area contributed by atoms with Crippen molar-refractivity contribution in [2.45, 2.75) is 40.2 Å². The maximum absolute atomic E-state index is 5.14. The Balaban J connectivity index is 0.00000312. The summed E-state index contributed by atoms with van der Waals surface area (Å²) in [7, 11) is 3.72. The van der Waals surface area contributed by atoms with Gasteiger partial charge in [0.05, 0.1) is 0 Å². The lowest BCUT2D eigenvalue weighted by molar-refractivity contribution is 0.192. The summed E-state index contributed by atoms with van der Waals surface area (Å²) >= 11 is 0. The molecule has 25 heavy (non-hydrogen) atoms. The molecule has 1 aliphatic rings. The average molecular weight is 464 g/mol. The van der Waals surface area contributed by atoms with Gasteiger partial charge in [0.15, 0.2) is 11.8 Å². The molecule has 1 aliphatic heterocycles. The number of aryl methyl sites for hydroxylation is 1. The lowest BCUT2D eigenvalue weighted by Gasteiger charge is -2.37. The van der Waals surface area contributed by atoms with Crippen molar-refractivity contribution in [3.05, 3.63) is 11.6 Å². The Bertz CT molecular complexity index is 537. The van der Waals surface area contributed by atoms with E-state index in [1.165, 1.54) is 6.42 Å². The summed E-state index contributed by atoms with van der Waals surface area (Å²) in [4.78, 5) is 7.21. The molecule has 1 saturated heterocycles. The standard InChI is InChI=1S/C17H32N6O.HI/c1-13-9-14(2)12-23(11-13)17(18-7-6-8-24-5)19-10-16-21-20-15(3)22(16)4;/h13-14H,6-12H2,1-5H3,(H,18,19);1H. The summed E-state index contributed by atoms with van der Waals surface area (Å²) in [5.74, 6) is 4.16. The summed E-state index contributed by atoms with van der Waals surface area (Å²) in [6, 6.07) is 0. The van der Waals surface area contributed by atoms with Crippen LogP contribution in [0, 0.1) is 18.8 Å². The number of aromatic nitrogens is 3. The van der Waals surface area contributed by atoms with Crippen LogP contribution in [0.3, 0.4) is 0 Å². The van der Waals surface area contributed by atoms with Crippen LogP contribution in [0.2, 0.25) is 0 Å². The van der Waals surface area contributed by atoms with E-state index in [0.29, 0.717) is 18.4 Å². The van der Waals surface area contributed by atoms with Gasteiger partial charge in [-0.05, 0) is 31.6 Å². The second kappa shape index (κ2) is 10.9. The minimum Gasteiger partial charge on any atom is -0.385 e. The number of likely N-dealkylation sites (tertiary alicyclic amines) is 1. The van der Waals surface area contributed by atoms with E-state index >= 15 is 0 Å². The fourth-order valence-electron chi connectivity index (χ4n) is 3.25. The van der Waals surface area contributed by atoms with Crippen molar-refractivity contribution in [2.24, 2.45) is 23.9 Å². The fraction of sp³-hybridized carbons (Fsp3) is 0.824. The van der Waals surface area contributed by atoms with Gasteiger partial charge in [0.1, 0.15) is 12.4 Å². The molecule has 8 heteroatoms. The van der Waals surface area contributed by atoms with Crippen LogP contribution < -0.4 is 5.32 Å². The van der Waals surface area contributed by atoms with Crippen LogP contribution in [0.1, 0.15) is 38.3 Å². The van der Waals surface area contributed by atoms with E-state index in [2.05, 4.69) is 34.3 Å². The highest BCUT2D eigenvalue weighted by Gasteiger charge is 2.24. The molecule has 0 bridgehead atoms. The third-order valence-electron chi connectivity index (χ3n) is 4.53. The van der Waals surface area contributed by atoms with Crippen LogP contribution >= 0.6 is 24.0 Å². The van der Waals surface area contributed by atoms with Crippen LogP contribution in [0.4, 0.5) is 0 Å². The zero-order chi connectivity index (χ0) is 17.5. The zero-order valence-corrected chi connectivity index (χ0v) is 18.5. The van der Waals surface area contributed by atoms with Crippen LogP contribution in [-0.4, -0.2) is 59.0 Å². The number of rotatable bonds is 6. The van der Waals surface area contributed by atoms with Gasteiger partial charge in [-0.15, -0.1) is 34.2 Å². The van der Waals surface area contributed by atoms with E-state index in [1.54, 1.807) is 7.11 Å². The van der Waals surface area contributed by atoms with Gasteiger partial charge in [-0.1, -0.05) is 13.8 Å². The number of aliphatic imine (C=N–C) groups is 1. The number of nitrogens with one attached hydrogen (secondary N) is 1. The molecule has 2 unspecified atom stereocenters. The molecule has 1 fully saturated rings. The summed E-state index contributed by atoms with van der Waals surface area (Å²) < 4.78 is 7.13. The molecule has 7 nitrogen and oxygen atoms in total. The Hall–Kier alpha value is -0.900. The number of guanidine groups is 1. The molecule has 0 aromatic carbocycles. The number of piperidine rings is 1. The lowest BCUT2D eigenvalue weighted by Crippen LogP contribution is -2.48. The number of hydrogen-bond acceptors (Lipinski definition) is 4.